The third-order valence-corrected chi connectivity index (χ3v) is 4.00. The van der Waals surface area contributed by atoms with Crippen molar-refractivity contribution in [1.29, 1.82) is 0 Å². The van der Waals surface area contributed by atoms with Gasteiger partial charge in [0, 0.05) is 16.6 Å². The van der Waals surface area contributed by atoms with Gasteiger partial charge in [-0.05, 0) is 43.9 Å². The Morgan fingerprint density at radius 2 is 2.00 bits per heavy atom. The number of hydrogen-bond donors (Lipinski definition) is 2. The summed E-state index contributed by atoms with van der Waals surface area (Å²) in [5.41, 5.74) is 1.60. The summed E-state index contributed by atoms with van der Waals surface area (Å²) in [6, 6.07) is 5.34. The van der Waals surface area contributed by atoms with Gasteiger partial charge in [0.05, 0.1) is 5.92 Å². The van der Waals surface area contributed by atoms with Crippen molar-refractivity contribution in [1.82, 2.24) is 0 Å². The normalized spacial score (nSPS) is 22.2. The fourth-order valence-corrected chi connectivity index (χ4v) is 2.54. The van der Waals surface area contributed by atoms with Gasteiger partial charge in [-0.15, -0.1) is 0 Å². The first-order valence-corrected chi connectivity index (χ1v) is 6.65. The fourth-order valence-electron chi connectivity index (χ4n) is 2.36. The Morgan fingerprint density at radius 1 is 1.32 bits per heavy atom. The summed E-state index contributed by atoms with van der Waals surface area (Å²) in [5.74, 6) is -1.55. The van der Waals surface area contributed by atoms with Gasteiger partial charge in [0.25, 0.3) is 0 Å². The van der Waals surface area contributed by atoms with Crippen LogP contribution in [0.1, 0.15) is 24.8 Å². The Balaban J connectivity index is 1.98. The van der Waals surface area contributed by atoms with Gasteiger partial charge in [-0.25, -0.2) is 0 Å². The molecule has 0 heterocycles. The number of halogens is 1. The van der Waals surface area contributed by atoms with Crippen molar-refractivity contribution in [2.24, 2.45) is 11.8 Å². The highest BCUT2D eigenvalue weighted by Gasteiger charge is 2.33. The zero-order chi connectivity index (χ0) is 14.0. The topological polar surface area (TPSA) is 66.4 Å². The van der Waals surface area contributed by atoms with Crippen LogP contribution in [-0.2, 0) is 9.59 Å². The molecule has 0 spiro atoms. The van der Waals surface area contributed by atoms with Crippen molar-refractivity contribution in [3.63, 3.8) is 0 Å². The minimum absolute atomic E-state index is 0.122. The van der Waals surface area contributed by atoms with Gasteiger partial charge >= 0.3 is 5.97 Å². The third-order valence-electron chi connectivity index (χ3n) is 3.59. The monoisotopic (exact) mass is 281 g/mol. The summed E-state index contributed by atoms with van der Waals surface area (Å²) in [4.78, 5) is 22.9. The maximum Gasteiger partial charge on any atom is 0.306 e. The minimum Gasteiger partial charge on any atom is -0.481 e. The predicted octanol–water partition coefficient (Wildman–Crippen LogP) is 3.09. The molecule has 4 nitrogen and oxygen atoms in total. The van der Waals surface area contributed by atoms with E-state index in [1.165, 1.54) is 0 Å². The van der Waals surface area contributed by atoms with E-state index in [1.807, 2.05) is 13.0 Å². The van der Waals surface area contributed by atoms with Crippen LogP contribution in [0, 0.1) is 18.8 Å². The van der Waals surface area contributed by atoms with Gasteiger partial charge in [-0.1, -0.05) is 17.7 Å². The van der Waals surface area contributed by atoms with E-state index in [4.69, 9.17) is 16.7 Å². The van der Waals surface area contributed by atoms with Crippen LogP contribution in [0.5, 0.6) is 0 Å². The Hall–Kier alpha value is -1.55. The molecule has 1 aliphatic carbocycles. The Labute approximate surface area is 116 Å². The largest absolute Gasteiger partial charge is 0.481 e. The van der Waals surface area contributed by atoms with E-state index in [0.29, 0.717) is 30.0 Å². The number of aryl methyl sites for hydroxylation is 1. The average Bonchev–Trinajstić information content (AvgIpc) is 2.83. The first-order chi connectivity index (χ1) is 8.97. The van der Waals surface area contributed by atoms with E-state index in [0.717, 1.165) is 5.56 Å². The lowest BCUT2D eigenvalue weighted by Crippen LogP contribution is -2.21. The van der Waals surface area contributed by atoms with E-state index in [9.17, 15) is 9.59 Å². The molecule has 19 heavy (non-hydrogen) atoms. The number of carboxylic acids is 1. The van der Waals surface area contributed by atoms with Crippen molar-refractivity contribution >= 4 is 29.2 Å². The molecule has 0 saturated heterocycles. The molecule has 0 radical (unpaired) electrons. The summed E-state index contributed by atoms with van der Waals surface area (Å²) in [5, 5.41) is 12.3. The van der Waals surface area contributed by atoms with E-state index < -0.39 is 11.9 Å². The number of carbonyl (C=O) groups is 2. The van der Waals surface area contributed by atoms with Crippen LogP contribution in [0.4, 0.5) is 5.69 Å². The summed E-state index contributed by atoms with van der Waals surface area (Å²) < 4.78 is 0. The second-order valence-corrected chi connectivity index (χ2v) is 5.41. The number of aliphatic carboxylic acids is 1. The molecule has 102 valence electrons. The van der Waals surface area contributed by atoms with Crippen LogP contribution in [0.15, 0.2) is 18.2 Å². The van der Waals surface area contributed by atoms with Crippen molar-refractivity contribution in [3.8, 4) is 0 Å². The van der Waals surface area contributed by atoms with Crippen LogP contribution in [0.25, 0.3) is 0 Å². The Bertz CT molecular complexity index is 515. The summed E-state index contributed by atoms with van der Waals surface area (Å²) in [7, 11) is 0. The van der Waals surface area contributed by atoms with Gasteiger partial charge in [0.15, 0.2) is 0 Å². The number of benzene rings is 1. The van der Waals surface area contributed by atoms with E-state index in [2.05, 4.69) is 5.32 Å². The summed E-state index contributed by atoms with van der Waals surface area (Å²) in [6.07, 6.45) is 1.62. The number of hydrogen-bond acceptors (Lipinski definition) is 2. The van der Waals surface area contributed by atoms with Crippen molar-refractivity contribution in [2.75, 3.05) is 5.32 Å². The second kappa shape index (κ2) is 5.61. The van der Waals surface area contributed by atoms with Crippen molar-refractivity contribution in [3.05, 3.63) is 28.8 Å². The highest BCUT2D eigenvalue weighted by Crippen LogP contribution is 2.32. The molecule has 0 unspecified atom stereocenters. The van der Waals surface area contributed by atoms with Crippen LogP contribution in [-0.4, -0.2) is 17.0 Å². The molecule has 1 saturated carbocycles. The average molecular weight is 282 g/mol. The molecule has 2 N–H and O–H groups in total. The lowest BCUT2D eigenvalue weighted by molar-refractivity contribution is -0.141. The van der Waals surface area contributed by atoms with Crippen LogP contribution < -0.4 is 5.32 Å². The molecular formula is C14H16ClNO3. The molecule has 0 bridgehead atoms. The van der Waals surface area contributed by atoms with Gasteiger partial charge in [0.2, 0.25) is 5.91 Å². The number of rotatable bonds is 3. The molecule has 2 rings (SSSR count). The molecule has 1 aromatic carbocycles. The lowest BCUT2D eigenvalue weighted by Gasteiger charge is -2.11. The SMILES string of the molecule is Cc1ccc(NC(=O)[C@@H]2CC[C@H](C(=O)O)C2)cc1Cl. The maximum atomic E-state index is 12.0. The Kier molecular flexibility index (Phi) is 4.10. The van der Waals surface area contributed by atoms with Crippen molar-refractivity contribution < 1.29 is 14.7 Å². The molecule has 1 fully saturated rings. The molecular weight excluding hydrogens is 266 g/mol. The van der Waals surface area contributed by atoms with Crippen LogP contribution in [0.3, 0.4) is 0 Å². The first-order valence-electron chi connectivity index (χ1n) is 6.27. The second-order valence-electron chi connectivity index (χ2n) is 5.00. The first kappa shape index (κ1) is 13.9. The quantitative estimate of drug-likeness (QED) is 0.895. The van der Waals surface area contributed by atoms with Gasteiger partial charge < -0.3 is 10.4 Å². The standard InChI is InChI=1S/C14H16ClNO3/c1-8-2-5-11(7-12(8)15)16-13(17)9-3-4-10(6-9)14(18)19/h2,5,7,9-10H,3-4,6H2,1H3,(H,16,17)(H,18,19)/t9-,10+/m1/s1. The molecule has 1 aliphatic rings. The zero-order valence-electron chi connectivity index (χ0n) is 10.6. The maximum absolute atomic E-state index is 12.0. The fraction of sp³-hybridized carbons (Fsp3) is 0.429. The smallest absolute Gasteiger partial charge is 0.306 e. The zero-order valence-corrected chi connectivity index (χ0v) is 11.4. The summed E-state index contributed by atoms with van der Waals surface area (Å²) >= 11 is 5.99. The highest BCUT2D eigenvalue weighted by atomic mass is 35.5. The predicted molar refractivity (Wildman–Crippen MR) is 73.3 cm³/mol. The van der Waals surface area contributed by atoms with Gasteiger partial charge in [-0.2, -0.15) is 0 Å². The molecule has 0 aromatic heterocycles. The number of amides is 1. The molecule has 0 aliphatic heterocycles. The van der Waals surface area contributed by atoms with Crippen LogP contribution >= 0.6 is 11.6 Å². The summed E-state index contributed by atoms with van der Waals surface area (Å²) in [6.45, 7) is 1.89. The number of carbonyl (C=O) groups excluding carboxylic acids is 1. The lowest BCUT2D eigenvalue weighted by atomic mass is 10.0. The Morgan fingerprint density at radius 3 is 2.58 bits per heavy atom. The van der Waals surface area contributed by atoms with Crippen molar-refractivity contribution in [2.45, 2.75) is 26.2 Å². The van der Waals surface area contributed by atoms with E-state index >= 15 is 0 Å². The molecule has 1 aromatic rings. The number of anilines is 1. The molecule has 2 atom stereocenters. The molecule has 5 heteroatoms. The van der Waals surface area contributed by atoms with E-state index in [1.54, 1.807) is 12.1 Å². The van der Waals surface area contributed by atoms with Gasteiger partial charge in [0.1, 0.15) is 0 Å². The van der Waals surface area contributed by atoms with Gasteiger partial charge in [-0.3, -0.25) is 9.59 Å². The minimum atomic E-state index is -0.811. The van der Waals surface area contributed by atoms with Crippen LogP contribution in [0.2, 0.25) is 5.02 Å². The number of nitrogens with one attached hydrogen (secondary N) is 1. The molecule has 1 amide bonds. The van der Waals surface area contributed by atoms with E-state index in [-0.39, 0.29) is 11.8 Å². The number of carboxylic acid groups (broad SMARTS) is 1. The highest BCUT2D eigenvalue weighted by molar-refractivity contribution is 6.31. The third kappa shape index (κ3) is 3.26.